The number of piperidine rings is 1. The Labute approximate surface area is 346 Å². The highest BCUT2D eigenvalue weighted by Gasteiger charge is 2.22. The second-order valence-corrected chi connectivity index (χ2v) is 16.4. The highest BCUT2D eigenvalue weighted by Crippen LogP contribution is 2.33. The van der Waals surface area contributed by atoms with Crippen molar-refractivity contribution in [2.24, 2.45) is 0 Å². The van der Waals surface area contributed by atoms with Crippen molar-refractivity contribution in [3.63, 3.8) is 0 Å². The predicted molar refractivity (Wildman–Crippen MR) is 230 cm³/mol. The van der Waals surface area contributed by atoms with Crippen LogP contribution in [0, 0.1) is 39.3 Å². The van der Waals surface area contributed by atoms with E-state index in [1.807, 2.05) is 76.4 Å². The maximum Gasteiger partial charge on any atom is 0.156 e. The van der Waals surface area contributed by atoms with Gasteiger partial charge in [-0.25, -0.2) is 18.3 Å². The SMILES string of the molecule is Cc1cc2cc(-c3cc(F)c4cc(C5CCNCC5)nnc4c3)[nH]c2c(C)n1.Cc1cn2nc(-c3cc(F)c4cc(C5CCCN(CCO)CC5)nnc4c3)cc(C)c2n1. The van der Waals surface area contributed by atoms with Crippen LogP contribution in [0.2, 0.25) is 0 Å². The predicted octanol–water partition coefficient (Wildman–Crippen LogP) is 8.05. The number of halogens is 2. The van der Waals surface area contributed by atoms with Gasteiger partial charge in [0.15, 0.2) is 5.65 Å². The maximum absolute atomic E-state index is 15.2. The molecule has 14 heteroatoms. The lowest BCUT2D eigenvalue weighted by Crippen LogP contribution is -2.27. The molecule has 10 rings (SSSR count). The topological polar surface area (TPSA) is 146 Å². The summed E-state index contributed by atoms with van der Waals surface area (Å²) in [6.07, 6.45) is 6.86. The number of pyridine rings is 1. The third kappa shape index (κ3) is 8.06. The minimum absolute atomic E-state index is 0.176. The Morgan fingerprint density at radius 2 is 1.40 bits per heavy atom. The normalized spacial score (nSPS) is 16.8. The molecule has 2 aromatic carbocycles. The molecule has 0 saturated carbocycles. The van der Waals surface area contributed by atoms with Crippen molar-refractivity contribution in [3.05, 3.63) is 106 Å². The van der Waals surface area contributed by atoms with E-state index in [9.17, 15) is 9.50 Å². The number of H-pyrrole nitrogens is 1. The number of aryl methyl sites for hydroxylation is 4. The first-order chi connectivity index (χ1) is 29.1. The van der Waals surface area contributed by atoms with E-state index < -0.39 is 0 Å². The quantitative estimate of drug-likeness (QED) is 0.151. The Hall–Kier alpha value is -5.83. The molecule has 1 atom stereocenters. The monoisotopic (exact) mass is 809 g/mol. The second-order valence-electron chi connectivity index (χ2n) is 16.4. The van der Waals surface area contributed by atoms with Crippen LogP contribution < -0.4 is 5.32 Å². The van der Waals surface area contributed by atoms with Gasteiger partial charge >= 0.3 is 0 Å². The van der Waals surface area contributed by atoms with Crippen molar-refractivity contribution in [3.8, 4) is 22.5 Å². The number of aromatic nitrogens is 9. The Balaban J connectivity index is 0.000000155. The number of aliphatic hydroxyl groups is 1. The average molecular weight is 810 g/mol. The first-order valence-corrected chi connectivity index (χ1v) is 20.9. The number of benzene rings is 2. The lowest BCUT2D eigenvalue weighted by Gasteiger charge is -2.21. The van der Waals surface area contributed by atoms with E-state index in [1.54, 1.807) is 10.6 Å². The van der Waals surface area contributed by atoms with Crippen LogP contribution in [0.1, 0.15) is 78.0 Å². The van der Waals surface area contributed by atoms with Crippen molar-refractivity contribution in [2.75, 3.05) is 39.3 Å². The molecule has 8 aromatic rings. The summed E-state index contributed by atoms with van der Waals surface area (Å²) in [6.45, 7) is 12.6. The largest absolute Gasteiger partial charge is 0.395 e. The summed E-state index contributed by atoms with van der Waals surface area (Å²) < 4.78 is 31.9. The third-order valence-electron chi connectivity index (χ3n) is 12.0. The zero-order chi connectivity index (χ0) is 41.5. The van der Waals surface area contributed by atoms with Crippen LogP contribution in [-0.4, -0.2) is 94.3 Å². The fourth-order valence-electron chi connectivity index (χ4n) is 8.87. The number of hydrogen-bond donors (Lipinski definition) is 3. The van der Waals surface area contributed by atoms with E-state index >= 15 is 4.39 Å². The van der Waals surface area contributed by atoms with Gasteiger partial charge in [0.1, 0.15) is 11.6 Å². The molecule has 0 radical (unpaired) electrons. The van der Waals surface area contributed by atoms with Crippen LogP contribution in [0.25, 0.3) is 60.9 Å². The molecule has 2 aliphatic heterocycles. The number of aromatic amines is 1. The number of fused-ring (bicyclic) bond motifs is 4. The van der Waals surface area contributed by atoms with Crippen LogP contribution in [0.4, 0.5) is 8.78 Å². The molecule has 8 heterocycles. The molecule has 2 saturated heterocycles. The minimum Gasteiger partial charge on any atom is -0.395 e. The summed E-state index contributed by atoms with van der Waals surface area (Å²) in [5, 5.41) is 36.9. The number of imidazole rings is 1. The first kappa shape index (κ1) is 39.6. The van der Waals surface area contributed by atoms with Crippen molar-refractivity contribution >= 4 is 38.4 Å². The van der Waals surface area contributed by atoms with Gasteiger partial charge in [0.2, 0.25) is 0 Å². The van der Waals surface area contributed by atoms with Gasteiger partial charge in [-0.15, -0.1) is 0 Å². The summed E-state index contributed by atoms with van der Waals surface area (Å²) in [4.78, 5) is 14.6. The Bertz CT molecular complexity index is 2870. The van der Waals surface area contributed by atoms with Crippen LogP contribution >= 0.6 is 0 Å². The zero-order valence-electron chi connectivity index (χ0n) is 34.4. The van der Waals surface area contributed by atoms with Crippen LogP contribution in [0.15, 0.2) is 60.8 Å². The van der Waals surface area contributed by atoms with E-state index in [-0.39, 0.29) is 24.2 Å². The maximum atomic E-state index is 15.2. The van der Waals surface area contributed by atoms with Crippen molar-refractivity contribution in [1.82, 2.24) is 55.2 Å². The minimum atomic E-state index is -0.314. The molecule has 2 fully saturated rings. The molecule has 3 N–H and O–H groups in total. The standard InChI is InChI=1S/C24H27FN6O.C22H22FN5/c1-15-10-22(29-31-14-16(2)26-24(15)31)18-11-20(25)19-13-21(27-28-23(19)12-18)17-4-3-6-30(7-5-17)8-9-32;1-12-7-16-10-19(26-22(16)13(2)25-12)15-8-18(23)17-11-20(27-28-21(17)9-15)14-3-5-24-6-4-14/h10-14,17,32H,3-9H2,1-2H3;7-11,14,24,26H,3-6H2,1-2H3. The van der Waals surface area contributed by atoms with E-state index in [0.717, 1.165) is 120 Å². The van der Waals surface area contributed by atoms with E-state index in [1.165, 1.54) is 6.07 Å². The molecule has 12 nitrogen and oxygen atoms in total. The summed E-state index contributed by atoms with van der Waals surface area (Å²) in [6, 6.07) is 16.6. The Morgan fingerprint density at radius 3 is 2.12 bits per heavy atom. The van der Waals surface area contributed by atoms with Crippen molar-refractivity contribution in [2.45, 2.75) is 71.6 Å². The second kappa shape index (κ2) is 16.7. The molecule has 2 aliphatic rings. The van der Waals surface area contributed by atoms with Gasteiger partial charge in [0.05, 0.1) is 57.8 Å². The van der Waals surface area contributed by atoms with E-state index in [4.69, 9.17) is 0 Å². The lowest BCUT2D eigenvalue weighted by atomic mass is 9.93. The number of nitrogens with zero attached hydrogens (tertiary/aromatic N) is 9. The molecular formula is C46H49F2N11O. The molecule has 60 heavy (non-hydrogen) atoms. The molecule has 6 aromatic heterocycles. The van der Waals surface area contributed by atoms with Crippen molar-refractivity contribution in [1.29, 1.82) is 0 Å². The molecule has 308 valence electrons. The van der Waals surface area contributed by atoms with Gasteiger partial charge < -0.3 is 20.3 Å². The molecule has 0 bridgehead atoms. The molecular weight excluding hydrogens is 761 g/mol. The van der Waals surface area contributed by atoms with E-state index in [2.05, 4.69) is 50.7 Å². The summed E-state index contributed by atoms with van der Waals surface area (Å²) in [5.41, 5.74) is 11.4. The molecule has 0 spiro atoms. The summed E-state index contributed by atoms with van der Waals surface area (Å²) in [7, 11) is 0. The molecule has 1 unspecified atom stereocenters. The highest BCUT2D eigenvalue weighted by atomic mass is 19.1. The van der Waals surface area contributed by atoms with Gasteiger partial charge in [-0.3, -0.25) is 4.98 Å². The molecule has 0 amide bonds. The van der Waals surface area contributed by atoms with E-state index in [0.29, 0.717) is 45.5 Å². The fourth-order valence-corrected chi connectivity index (χ4v) is 8.87. The number of rotatable bonds is 6. The summed E-state index contributed by atoms with van der Waals surface area (Å²) >= 11 is 0. The summed E-state index contributed by atoms with van der Waals surface area (Å²) in [5.74, 6) is 0.0309. The smallest absolute Gasteiger partial charge is 0.156 e. The average Bonchev–Trinajstić information content (AvgIpc) is 3.78. The Kier molecular flexibility index (Phi) is 11.0. The number of nitrogens with one attached hydrogen (secondary N) is 2. The third-order valence-corrected chi connectivity index (χ3v) is 12.0. The van der Waals surface area contributed by atoms with Gasteiger partial charge in [-0.1, -0.05) is 0 Å². The number of hydrogen-bond acceptors (Lipinski definition) is 10. The molecule has 0 aliphatic carbocycles. The van der Waals surface area contributed by atoms with Gasteiger partial charge in [0.25, 0.3) is 0 Å². The van der Waals surface area contributed by atoms with Gasteiger partial charge in [-0.05, 0) is 146 Å². The number of aliphatic hydroxyl groups excluding tert-OH is 1. The fraction of sp³-hybridized carbons (Fsp3) is 0.370. The van der Waals surface area contributed by atoms with Gasteiger partial charge in [-0.2, -0.15) is 25.5 Å². The lowest BCUT2D eigenvalue weighted by molar-refractivity contribution is 0.200. The number of β-amino-alcohol motifs (C(OH)–C–C–N with tert-alkyl or cyclic N) is 1. The number of likely N-dealkylation sites (tertiary alicyclic amines) is 1. The van der Waals surface area contributed by atoms with Crippen LogP contribution in [0.5, 0.6) is 0 Å². The zero-order valence-corrected chi connectivity index (χ0v) is 34.4. The Morgan fingerprint density at radius 1 is 0.717 bits per heavy atom. The highest BCUT2D eigenvalue weighted by molar-refractivity contribution is 5.90. The van der Waals surface area contributed by atoms with Crippen LogP contribution in [0.3, 0.4) is 0 Å². The van der Waals surface area contributed by atoms with Gasteiger partial charge in [0, 0.05) is 57.1 Å². The van der Waals surface area contributed by atoms with Crippen LogP contribution in [-0.2, 0) is 0 Å². The first-order valence-electron chi connectivity index (χ1n) is 20.9. The van der Waals surface area contributed by atoms with Crippen molar-refractivity contribution < 1.29 is 13.9 Å².